The number of aliphatic hydroxyl groups is 1. The maximum Gasteiger partial charge on any atom is 0.265 e. The van der Waals surface area contributed by atoms with E-state index in [0.29, 0.717) is 0 Å². The summed E-state index contributed by atoms with van der Waals surface area (Å²) in [5.41, 5.74) is 0. The number of nitrogens with zero attached hydrogens (tertiary/aromatic N) is 4. The lowest BCUT2D eigenvalue weighted by molar-refractivity contribution is -0.0178. The minimum Gasteiger partial charge on any atom is -0.385 e. The number of hydrogen-bond donors (Lipinski definition) is 1. The lowest BCUT2D eigenvalue weighted by Crippen LogP contribution is -2.25. The molecule has 0 amide bonds. The summed E-state index contributed by atoms with van der Waals surface area (Å²) in [6.45, 7) is -0.336. The summed E-state index contributed by atoms with van der Waals surface area (Å²) in [4.78, 5) is 0.900. The molecular weight excluding hydrogens is 158 g/mol. The molecule has 0 aliphatic carbocycles. The average Bonchev–Trinajstić information content (AvgIpc) is 2.39. The molecule has 0 saturated carbocycles. The normalized spacial score (nSPS) is 13.8. The molecule has 0 aliphatic rings. The van der Waals surface area contributed by atoms with Crippen molar-refractivity contribution in [3.8, 4) is 0 Å². The van der Waals surface area contributed by atoms with E-state index >= 15 is 0 Å². The molecule has 7 heteroatoms. The Labute approximate surface area is 60.6 Å². The average molecular weight is 164 g/mol. The van der Waals surface area contributed by atoms with Gasteiger partial charge in [-0.2, -0.15) is 4.80 Å². The van der Waals surface area contributed by atoms with Crippen molar-refractivity contribution < 1.29 is 13.9 Å². The van der Waals surface area contributed by atoms with Crippen molar-refractivity contribution in [1.29, 1.82) is 0 Å². The van der Waals surface area contributed by atoms with E-state index in [2.05, 4.69) is 15.4 Å². The van der Waals surface area contributed by atoms with E-state index in [9.17, 15) is 8.78 Å². The first-order valence-electron chi connectivity index (χ1n) is 2.87. The number of rotatable bonds is 3. The van der Waals surface area contributed by atoms with Crippen LogP contribution in [0.5, 0.6) is 0 Å². The van der Waals surface area contributed by atoms with Crippen molar-refractivity contribution >= 4 is 0 Å². The molecule has 5 nitrogen and oxygen atoms in total. The summed E-state index contributed by atoms with van der Waals surface area (Å²) in [6, 6.07) is 0. The highest BCUT2D eigenvalue weighted by Crippen LogP contribution is 2.01. The monoisotopic (exact) mass is 164 g/mol. The number of alkyl halides is 2. The Kier molecular flexibility index (Phi) is 2.42. The SMILES string of the molecule is OC(Cn1ncnn1)C(F)F. The van der Waals surface area contributed by atoms with Crippen molar-refractivity contribution in [3.63, 3.8) is 0 Å². The molecule has 1 aromatic rings. The minimum absolute atomic E-state index is 0.336. The van der Waals surface area contributed by atoms with Crippen molar-refractivity contribution in [2.45, 2.75) is 19.1 Å². The summed E-state index contributed by atoms with van der Waals surface area (Å²) in [7, 11) is 0. The Bertz CT molecular complexity index is 202. The van der Waals surface area contributed by atoms with Crippen molar-refractivity contribution in [2.75, 3.05) is 0 Å². The molecule has 1 unspecified atom stereocenters. The van der Waals surface area contributed by atoms with Gasteiger partial charge in [-0.05, 0) is 5.21 Å². The van der Waals surface area contributed by atoms with Gasteiger partial charge in [0.05, 0.1) is 6.54 Å². The van der Waals surface area contributed by atoms with Crippen LogP contribution in [0.25, 0.3) is 0 Å². The molecule has 0 aliphatic heterocycles. The van der Waals surface area contributed by atoms with Gasteiger partial charge in [-0.25, -0.2) is 8.78 Å². The molecule has 62 valence electrons. The van der Waals surface area contributed by atoms with Crippen LogP contribution in [-0.4, -0.2) is 37.8 Å². The van der Waals surface area contributed by atoms with Gasteiger partial charge in [0, 0.05) is 0 Å². The second-order valence-corrected chi connectivity index (χ2v) is 1.89. The Balaban J connectivity index is 2.43. The van der Waals surface area contributed by atoms with E-state index in [0.717, 1.165) is 11.1 Å². The third kappa shape index (κ3) is 2.19. The molecule has 1 aromatic heterocycles. The molecule has 1 atom stereocenters. The van der Waals surface area contributed by atoms with Crippen LogP contribution in [0, 0.1) is 0 Å². The summed E-state index contributed by atoms with van der Waals surface area (Å²) >= 11 is 0. The van der Waals surface area contributed by atoms with E-state index < -0.39 is 12.5 Å². The van der Waals surface area contributed by atoms with Gasteiger partial charge in [-0.15, -0.1) is 10.2 Å². The van der Waals surface area contributed by atoms with Crippen LogP contribution in [0.2, 0.25) is 0 Å². The summed E-state index contributed by atoms with van der Waals surface area (Å²) in [5, 5.41) is 18.6. The highest BCUT2D eigenvalue weighted by atomic mass is 19.3. The van der Waals surface area contributed by atoms with Gasteiger partial charge in [0.15, 0.2) is 6.33 Å². The van der Waals surface area contributed by atoms with Crippen LogP contribution in [-0.2, 0) is 6.54 Å². The Morgan fingerprint density at radius 2 is 2.27 bits per heavy atom. The zero-order valence-corrected chi connectivity index (χ0v) is 5.43. The molecule has 0 spiro atoms. The number of aromatic nitrogens is 4. The largest absolute Gasteiger partial charge is 0.385 e. The van der Waals surface area contributed by atoms with E-state index in [1.54, 1.807) is 0 Å². The lowest BCUT2D eigenvalue weighted by atomic mass is 10.4. The number of halogens is 2. The second kappa shape index (κ2) is 3.33. The maximum absolute atomic E-state index is 11.7. The van der Waals surface area contributed by atoms with Crippen LogP contribution in [0.15, 0.2) is 6.33 Å². The summed E-state index contributed by atoms with van der Waals surface area (Å²) in [6.07, 6.45) is -3.40. The van der Waals surface area contributed by atoms with Gasteiger partial charge in [0.2, 0.25) is 0 Å². The van der Waals surface area contributed by atoms with Crippen molar-refractivity contribution in [2.24, 2.45) is 0 Å². The number of tetrazole rings is 1. The highest BCUT2D eigenvalue weighted by molar-refractivity contribution is 4.55. The standard InChI is InChI=1S/C4H6F2N4O/c5-4(6)3(11)1-10-8-2-7-9-10/h2-4,11H,1H2. The first-order valence-corrected chi connectivity index (χ1v) is 2.87. The highest BCUT2D eigenvalue weighted by Gasteiger charge is 2.17. The van der Waals surface area contributed by atoms with Crippen molar-refractivity contribution in [1.82, 2.24) is 20.2 Å². The third-order valence-electron chi connectivity index (χ3n) is 1.03. The molecule has 11 heavy (non-hydrogen) atoms. The van der Waals surface area contributed by atoms with Gasteiger partial charge >= 0.3 is 0 Å². The minimum atomic E-state index is -2.78. The van der Waals surface area contributed by atoms with Crippen LogP contribution >= 0.6 is 0 Å². The fourth-order valence-corrected chi connectivity index (χ4v) is 0.519. The predicted molar refractivity (Wildman–Crippen MR) is 29.8 cm³/mol. The Hall–Kier alpha value is -1.11. The summed E-state index contributed by atoms with van der Waals surface area (Å²) in [5.74, 6) is 0. The van der Waals surface area contributed by atoms with E-state index in [-0.39, 0.29) is 6.54 Å². The molecule has 0 aromatic carbocycles. The smallest absolute Gasteiger partial charge is 0.265 e. The molecule has 0 radical (unpaired) electrons. The molecule has 0 saturated heterocycles. The number of hydrogen-bond acceptors (Lipinski definition) is 4. The van der Waals surface area contributed by atoms with E-state index in [1.807, 2.05) is 0 Å². The van der Waals surface area contributed by atoms with E-state index in [1.165, 1.54) is 0 Å². The fourth-order valence-electron chi connectivity index (χ4n) is 0.519. The van der Waals surface area contributed by atoms with Gasteiger partial charge in [-0.3, -0.25) is 0 Å². The molecule has 1 N–H and O–H groups in total. The molecule has 1 rings (SSSR count). The second-order valence-electron chi connectivity index (χ2n) is 1.89. The molecule has 0 bridgehead atoms. The first-order chi connectivity index (χ1) is 5.20. The van der Waals surface area contributed by atoms with Gasteiger partial charge in [0.25, 0.3) is 6.43 Å². The Morgan fingerprint density at radius 1 is 1.55 bits per heavy atom. The van der Waals surface area contributed by atoms with Crippen LogP contribution in [0.3, 0.4) is 0 Å². The summed E-state index contributed by atoms with van der Waals surface area (Å²) < 4.78 is 23.4. The van der Waals surface area contributed by atoms with Crippen molar-refractivity contribution in [3.05, 3.63) is 6.33 Å². The van der Waals surface area contributed by atoms with Crippen LogP contribution in [0.4, 0.5) is 8.78 Å². The van der Waals surface area contributed by atoms with Gasteiger partial charge in [-0.1, -0.05) is 0 Å². The zero-order valence-electron chi connectivity index (χ0n) is 5.43. The molecule has 1 heterocycles. The van der Waals surface area contributed by atoms with Gasteiger partial charge in [0.1, 0.15) is 6.10 Å². The third-order valence-corrected chi connectivity index (χ3v) is 1.03. The molecule has 0 fully saturated rings. The lowest BCUT2D eigenvalue weighted by Gasteiger charge is -2.06. The maximum atomic E-state index is 11.7. The zero-order chi connectivity index (χ0) is 8.27. The van der Waals surface area contributed by atoms with E-state index in [4.69, 9.17) is 5.11 Å². The Morgan fingerprint density at radius 3 is 2.73 bits per heavy atom. The van der Waals surface area contributed by atoms with Crippen LogP contribution in [0.1, 0.15) is 0 Å². The first kappa shape index (κ1) is 7.99. The topological polar surface area (TPSA) is 63.8 Å². The fraction of sp³-hybridized carbons (Fsp3) is 0.750. The molecular formula is C4H6F2N4O. The van der Waals surface area contributed by atoms with Gasteiger partial charge < -0.3 is 5.11 Å². The predicted octanol–water partition coefficient (Wildman–Crippen LogP) is -0.701. The van der Waals surface area contributed by atoms with Crippen LogP contribution < -0.4 is 0 Å². The number of aliphatic hydroxyl groups excluding tert-OH is 1. The quantitative estimate of drug-likeness (QED) is 0.641.